The third kappa shape index (κ3) is 4.05. The van der Waals surface area contributed by atoms with Crippen LogP contribution >= 0.6 is 0 Å². The van der Waals surface area contributed by atoms with Gasteiger partial charge in [0.25, 0.3) is 0 Å². The number of hydrogen-bond acceptors (Lipinski definition) is 5. The minimum Gasteiger partial charge on any atom is -0.468 e. The molecule has 0 aromatic heterocycles. The van der Waals surface area contributed by atoms with Gasteiger partial charge < -0.3 is 10.5 Å². The van der Waals surface area contributed by atoms with Crippen molar-refractivity contribution in [1.82, 2.24) is 0 Å². The highest BCUT2D eigenvalue weighted by atomic mass is 32.2. The maximum Gasteiger partial charge on any atom is 0.317 e. The Labute approximate surface area is 120 Å². The molecule has 1 rings (SSSR count). The van der Waals surface area contributed by atoms with E-state index in [1.54, 1.807) is 0 Å². The molecular weight excluding hydrogens is 278 g/mol. The zero-order valence-electron chi connectivity index (χ0n) is 11.8. The van der Waals surface area contributed by atoms with Crippen molar-refractivity contribution in [2.75, 3.05) is 25.7 Å². The zero-order chi connectivity index (χ0) is 15.2. The Kier molecular flexibility index (Phi) is 5.71. The maximum atomic E-state index is 12.2. The van der Waals surface area contributed by atoms with Crippen LogP contribution in [0, 0.1) is 0 Å². The summed E-state index contributed by atoms with van der Waals surface area (Å²) in [6.07, 6.45) is 1.88. The van der Waals surface area contributed by atoms with E-state index >= 15 is 0 Å². The van der Waals surface area contributed by atoms with Crippen molar-refractivity contribution in [2.24, 2.45) is 5.73 Å². The summed E-state index contributed by atoms with van der Waals surface area (Å²) in [6.45, 7) is 0.0768. The number of carbonyl (C=O) groups excluding carboxylic acids is 1. The summed E-state index contributed by atoms with van der Waals surface area (Å²) in [4.78, 5) is 12.2. The highest BCUT2D eigenvalue weighted by Crippen LogP contribution is 2.30. The van der Waals surface area contributed by atoms with Gasteiger partial charge in [0, 0.05) is 18.6 Å². The van der Waals surface area contributed by atoms with Crippen LogP contribution < -0.4 is 5.73 Å². The van der Waals surface area contributed by atoms with E-state index in [1.807, 2.05) is 30.3 Å². The first-order valence-corrected chi connectivity index (χ1v) is 8.43. The van der Waals surface area contributed by atoms with Gasteiger partial charge in [-0.2, -0.15) is 0 Å². The van der Waals surface area contributed by atoms with Gasteiger partial charge >= 0.3 is 5.97 Å². The molecule has 112 valence electrons. The van der Waals surface area contributed by atoms with Crippen molar-refractivity contribution in [3.63, 3.8) is 0 Å². The Morgan fingerprint density at radius 1 is 1.30 bits per heavy atom. The highest BCUT2D eigenvalue weighted by molar-refractivity contribution is 7.90. The summed E-state index contributed by atoms with van der Waals surface area (Å²) in [5, 5.41) is 0. The largest absolute Gasteiger partial charge is 0.468 e. The highest BCUT2D eigenvalue weighted by Gasteiger charge is 2.39. The summed E-state index contributed by atoms with van der Waals surface area (Å²) in [5.74, 6) is -0.404. The molecule has 0 amide bonds. The lowest BCUT2D eigenvalue weighted by molar-refractivity contribution is -0.147. The van der Waals surface area contributed by atoms with Gasteiger partial charge in [-0.15, -0.1) is 0 Å². The molecule has 0 spiro atoms. The van der Waals surface area contributed by atoms with Crippen molar-refractivity contribution in [1.29, 1.82) is 0 Å². The van der Waals surface area contributed by atoms with Crippen LogP contribution in [-0.4, -0.2) is 40.1 Å². The van der Waals surface area contributed by atoms with Crippen molar-refractivity contribution in [3.8, 4) is 0 Å². The van der Waals surface area contributed by atoms with Gasteiger partial charge in [-0.1, -0.05) is 30.3 Å². The molecule has 0 aliphatic heterocycles. The molecule has 1 unspecified atom stereocenters. The van der Waals surface area contributed by atoms with E-state index in [9.17, 15) is 13.2 Å². The lowest BCUT2D eigenvalue weighted by atomic mass is 9.77. The molecule has 0 heterocycles. The Bertz CT molecular complexity index is 542. The molecule has 2 N–H and O–H groups in total. The first-order chi connectivity index (χ1) is 9.35. The van der Waals surface area contributed by atoms with Crippen LogP contribution in [-0.2, 0) is 24.8 Å². The third-order valence-electron chi connectivity index (χ3n) is 3.37. The number of rotatable bonds is 7. The molecule has 0 saturated carbocycles. The minimum atomic E-state index is -3.06. The molecule has 0 radical (unpaired) electrons. The van der Waals surface area contributed by atoms with Crippen LogP contribution in [0.5, 0.6) is 0 Å². The summed E-state index contributed by atoms with van der Waals surface area (Å²) in [5.41, 5.74) is 5.58. The molecule has 0 fully saturated rings. The lowest BCUT2D eigenvalue weighted by Crippen LogP contribution is -2.44. The molecule has 1 aromatic carbocycles. The molecule has 20 heavy (non-hydrogen) atoms. The van der Waals surface area contributed by atoms with Crippen LogP contribution in [0.3, 0.4) is 0 Å². The average molecular weight is 299 g/mol. The standard InChI is InChI=1S/C14H21NO4S/c1-19-13(16)14(11-15,9-6-10-20(2,17)18)12-7-4-3-5-8-12/h3-5,7-8H,6,9-11,15H2,1-2H3. The van der Waals surface area contributed by atoms with Gasteiger partial charge in [0.2, 0.25) is 0 Å². The fourth-order valence-corrected chi connectivity index (χ4v) is 2.92. The number of benzene rings is 1. The maximum absolute atomic E-state index is 12.2. The molecule has 6 heteroatoms. The summed E-state index contributed by atoms with van der Waals surface area (Å²) < 4.78 is 27.3. The van der Waals surface area contributed by atoms with E-state index < -0.39 is 21.2 Å². The van der Waals surface area contributed by atoms with Crippen LogP contribution in [0.15, 0.2) is 30.3 Å². The number of ether oxygens (including phenoxy) is 1. The smallest absolute Gasteiger partial charge is 0.317 e. The fraction of sp³-hybridized carbons (Fsp3) is 0.500. The van der Waals surface area contributed by atoms with E-state index in [2.05, 4.69) is 0 Å². The van der Waals surface area contributed by atoms with E-state index in [-0.39, 0.29) is 12.3 Å². The molecule has 0 bridgehead atoms. The first-order valence-electron chi connectivity index (χ1n) is 6.37. The van der Waals surface area contributed by atoms with Crippen molar-refractivity contribution >= 4 is 15.8 Å². The van der Waals surface area contributed by atoms with Gasteiger partial charge in [0.15, 0.2) is 0 Å². The summed E-state index contributed by atoms with van der Waals surface area (Å²) in [6, 6.07) is 9.10. The normalized spacial score (nSPS) is 14.6. The number of methoxy groups -OCH3 is 1. The van der Waals surface area contributed by atoms with Gasteiger partial charge in [-0.25, -0.2) is 8.42 Å². The first kappa shape index (κ1) is 16.7. The van der Waals surface area contributed by atoms with E-state index in [1.165, 1.54) is 13.4 Å². The predicted octanol–water partition coefficient (Wildman–Crippen LogP) is 0.881. The lowest BCUT2D eigenvalue weighted by Gasteiger charge is -2.30. The summed E-state index contributed by atoms with van der Waals surface area (Å²) >= 11 is 0. The van der Waals surface area contributed by atoms with Crippen molar-refractivity contribution < 1.29 is 17.9 Å². The van der Waals surface area contributed by atoms with E-state index in [0.29, 0.717) is 12.8 Å². The van der Waals surface area contributed by atoms with Crippen molar-refractivity contribution in [3.05, 3.63) is 35.9 Å². The second-order valence-electron chi connectivity index (χ2n) is 4.88. The number of sulfone groups is 1. The van der Waals surface area contributed by atoms with E-state index in [4.69, 9.17) is 10.5 Å². The average Bonchev–Trinajstić information content (AvgIpc) is 2.43. The number of esters is 1. The SMILES string of the molecule is COC(=O)C(CN)(CCCS(C)(=O)=O)c1ccccc1. The quantitative estimate of drug-likeness (QED) is 0.755. The number of carbonyl (C=O) groups is 1. The minimum absolute atomic E-state index is 0.0264. The van der Waals surface area contributed by atoms with Crippen molar-refractivity contribution in [2.45, 2.75) is 18.3 Å². The topological polar surface area (TPSA) is 86.5 Å². The van der Waals surface area contributed by atoms with Gasteiger partial charge in [-0.05, 0) is 18.4 Å². The Balaban J connectivity index is 3.04. The number of nitrogens with two attached hydrogens (primary N) is 1. The van der Waals surface area contributed by atoms with Gasteiger partial charge in [0.1, 0.15) is 15.3 Å². The monoisotopic (exact) mass is 299 g/mol. The second kappa shape index (κ2) is 6.85. The van der Waals surface area contributed by atoms with E-state index in [0.717, 1.165) is 5.56 Å². The molecule has 0 aliphatic carbocycles. The molecular formula is C14H21NO4S. The Morgan fingerprint density at radius 2 is 1.90 bits per heavy atom. The molecule has 1 aromatic rings. The molecule has 5 nitrogen and oxygen atoms in total. The fourth-order valence-electron chi connectivity index (χ4n) is 2.26. The Hall–Kier alpha value is -1.40. The van der Waals surface area contributed by atoms with Gasteiger partial charge in [-0.3, -0.25) is 4.79 Å². The van der Waals surface area contributed by atoms with Crippen LogP contribution in [0.4, 0.5) is 0 Å². The third-order valence-corrected chi connectivity index (χ3v) is 4.40. The van der Waals surface area contributed by atoms with Gasteiger partial charge in [0.05, 0.1) is 7.11 Å². The summed E-state index contributed by atoms with van der Waals surface area (Å²) in [7, 11) is -1.75. The molecule has 0 saturated heterocycles. The van der Waals surface area contributed by atoms with Crippen LogP contribution in [0.2, 0.25) is 0 Å². The zero-order valence-corrected chi connectivity index (χ0v) is 12.7. The predicted molar refractivity (Wildman–Crippen MR) is 78.1 cm³/mol. The second-order valence-corrected chi connectivity index (χ2v) is 7.14. The van der Waals surface area contributed by atoms with Crippen LogP contribution in [0.1, 0.15) is 18.4 Å². The molecule has 1 atom stereocenters. The molecule has 0 aliphatic rings. The van der Waals surface area contributed by atoms with Crippen LogP contribution in [0.25, 0.3) is 0 Å². The Morgan fingerprint density at radius 3 is 2.35 bits per heavy atom. The number of hydrogen-bond donors (Lipinski definition) is 1.